The van der Waals surface area contributed by atoms with E-state index in [9.17, 15) is 4.79 Å². The first-order valence-electron chi connectivity index (χ1n) is 5.81. The van der Waals surface area contributed by atoms with E-state index in [1.807, 2.05) is 55.6 Å². The lowest BCUT2D eigenvalue weighted by atomic mass is 10.1. The molecular formula is C15H14BrNOS. The third-order valence-electron chi connectivity index (χ3n) is 2.80. The molecule has 0 aliphatic rings. The average Bonchev–Trinajstić information content (AvgIpc) is 2.43. The number of amides is 1. The molecule has 0 saturated carbocycles. The second kappa shape index (κ2) is 6.26. The molecule has 2 rings (SSSR count). The van der Waals surface area contributed by atoms with Gasteiger partial charge in [-0.05, 0) is 55.1 Å². The number of hydrogen-bond acceptors (Lipinski definition) is 2. The molecule has 0 saturated heterocycles. The number of aryl methyl sites for hydroxylation is 1. The van der Waals surface area contributed by atoms with Crippen molar-refractivity contribution in [3.63, 3.8) is 0 Å². The van der Waals surface area contributed by atoms with Gasteiger partial charge in [0.05, 0.1) is 0 Å². The van der Waals surface area contributed by atoms with Gasteiger partial charge in [-0.15, -0.1) is 11.8 Å². The second-order valence-corrected chi connectivity index (χ2v) is 5.94. The largest absolute Gasteiger partial charge is 0.322 e. The number of nitrogens with one attached hydrogen (secondary N) is 1. The molecule has 0 bridgehead atoms. The Morgan fingerprint density at radius 2 is 1.84 bits per heavy atom. The standard InChI is InChI=1S/C15H14BrNOS/c1-10-3-6-12(16)9-14(10)17-15(18)11-4-7-13(19-2)8-5-11/h3-9H,1-2H3,(H,17,18). The maximum Gasteiger partial charge on any atom is 0.255 e. The number of rotatable bonds is 3. The van der Waals surface area contributed by atoms with Gasteiger partial charge in [0.1, 0.15) is 0 Å². The van der Waals surface area contributed by atoms with Gasteiger partial charge in [0.25, 0.3) is 5.91 Å². The zero-order valence-electron chi connectivity index (χ0n) is 10.7. The van der Waals surface area contributed by atoms with E-state index >= 15 is 0 Å². The van der Waals surface area contributed by atoms with E-state index in [0.717, 1.165) is 20.6 Å². The van der Waals surface area contributed by atoms with Crippen LogP contribution in [-0.4, -0.2) is 12.2 Å². The van der Waals surface area contributed by atoms with Gasteiger partial charge in [-0.2, -0.15) is 0 Å². The van der Waals surface area contributed by atoms with Crippen molar-refractivity contribution in [2.45, 2.75) is 11.8 Å². The van der Waals surface area contributed by atoms with Gasteiger partial charge in [0.2, 0.25) is 0 Å². The van der Waals surface area contributed by atoms with Crippen molar-refractivity contribution < 1.29 is 4.79 Å². The summed E-state index contributed by atoms with van der Waals surface area (Å²) in [5, 5.41) is 2.93. The summed E-state index contributed by atoms with van der Waals surface area (Å²) < 4.78 is 0.950. The first-order valence-corrected chi connectivity index (χ1v) is 7.83. The highest BCUT2D eigenvalue weighted by Crippen LogP contribution is 2.22. The number of benzene rings is 2. The second-order valence-electron chi connectivity index (χ2n) is 4.14. The van der Waals surface area contributed by atoms with Crippen LogP contribution >= 0.6 is 27.7 Å². The quantitative estimate of drug-likeness (QED) is 0.821. The molecule has 2 aromatic carbocycles. The lowest BCUT2D eigenvalue weighted by molar-refractivity contribution is 0.102. The van der Waals surface area contributed by atoms with Crippen LogP contribution < -0.4 is 5.32 Å². The fourth-order valence-corrected chi connectivity index (χ4v) is 2.44. The highest BCUT2D eigenvalue weighted by Gasteiger charge is 2.08. The molecule has 1 amide bonds. The van der Waals surface area contributed by atoms with Crippen LogP contribution in [0.5, 0.6) is 0 Å². The third-order valence-corrected chi connectivity index (χ3v) is 4.04. The van der Waals surface area contributed by atoms with E-state index in [1.165, 1.54) is 0 Å². The molecule has 0 heterocycles. The Balaban J connectivity index is 2.18. The first-order chi connectivity index (χ1) is 9.10. The van der Waals surface area contributed by atoms with E-state index in [2.05, 4.69) is 21.2 Å². The number of thioether (sulfide) groups is 1. The number of anilines is 1. The van der Waals surface area contributed by atoms with E-state index in [1.54, 1.807) is 11.8 Å². The number of carbonyl (C=O) groups excluding carboxylic acids is 1. The van der Waals surface area contributed by atoms with Crippen molar-refractivity contribution in [2.75, 3.05) is 11.6 Å². The van der Waals surface area contributed by atoms with Crippen LogP contribution in [0.4, 0.5) is 5.69 Å². The number of halogens is 1. The lowest BCUT2D eigenvalue weighted by Gasteiger charge is -2.09. The van der Waals surface area contributed by atoms with Crippen LogP contribution in [0.15, 0.2) is 51.8 Å². The van der Waals surface area contributed by atoms with Crippen molar-refractivity contribution in [3.8, 4) is 0 Å². The molecule has 0 aliphatic heterocycles. The highest BCUT2D eigenvalue weighted by atomic mass is 79.9. The predicted octanol–water partition coefficient (Wildman–Crippen LogP) is 4.73. The van der Waals surface area contributed by atoms with Gasteiger partial charge in [-0.1, -0.05) is 22.0 Å². The Kier molecular flexibility index (Phi) is 4.66. The lowest BCUT2D eigenvalue weighted by Crippen LogP contribution is -2.12. The summed E-state index contributed by atoms with van der Waals surface area (Å²) in [6.07, 6.45) is 2.01. The molecular weight excluding hydrogens is 322 g/mol. The SMILES string of the molecule is CSc1ccc(C(=O)Nc2cc(Br)ccc2C)cc1. The van der Waals surface area contributed by atoms with E-state index < -0.39 is 0 Å². The summed E-state index contributed by atoms with van der Waals surface area (Å²) in [6.45, 7) is 1.97. The van der Waals surface area contributed by atoms with Gasteiger partial charge in [0, 0.05) is 20.6 Å². The molecule has 0 atom stereocenters. The minimum Gasteiger partial charge on any atom is -0.322 e. The Morgan fingerprint density at radius 1 is 1.16 bits per heavy atom. The molecule has 0 aromatic heterocycles. The van der Waals surface area contributed by atoms with Crippen LogP contribution in [0.1, 0.15) is 15.9 Å². The molecule has 1 N–H and O–H groups in total. The molecule has 0 aliphatic carbocycles. The van der Waals surface area contributed by atoms with Gasteiger partial charge in [-0.3, -0.25) is 4.79 Å². The Labute approximate surface area is 125 Å². The zero-order valence-corrected chi connectivity index (χ0v) is 13.1. The van der Waals surface area contributed by atoms with Crippen LogP contribution in [0, 0.1) is 6.92 Å². The van der Waals surface area contributed by atoms with Gasteiger partial charge in [0.15, 0.2) is 0 Å². The van der Waals surface area contributed by atoms with Crippen LogP contribution in [0.2, 0.25) is 0 Å². The van der Waals surface area contributed by atoms with E-state index in [-0.39, 0.29) is 5.91 Å². The fourth-order valence-electron chi connectivity index (χ4n) is 1.67. The Hall–Kier alpha value is -1.26. The van der Waals surface area contributed by atoms with Crippen molar-refractivity contribution in [1.29, 1.82) is 0 Å². The maximum absolute atomic E-state index is 12.1. The smallest absolute Gasteiger partial charge is 0.255 e. The summed E-state index contributed by atoms with van der Waals surface area (Å²) in [7, 11) is 0. The van der Waals surface area contributed by atoms with Gasteiger partial charge >= 0.3 is 0 Å². The third kappa shape index (κ3) is 3.61. The topological polar surface area (TPSA) is 29.1 Å². The monoisotopic (exact) mass is 335 g/mol. The van der Waals surface area contributed by atoms with Gasteiger partial charge < -0.3 is 5.32 Å². The van der Waals surface area contributed by atoms with Crippen LogP contribution in [0.25, 0.3) is 0 Å². The highest BCUT2D eigenvalue weighted by molar-refractivity contribution is 9.10. The number of hydrogen-bond donors (Lipinski definition) is 1. The molecule has 4 heteroatoms. The summed E-state index contributed by atoms with van der Waals surface area (Å²) in [4.78, 5) is 13.3. The fraction of sp³-hybridized carbons (Fsp3) is 0.133. The molecule has 98 valence electrons. The molecule has 0 fully saturated rings. The van der Waals surface area contributed by atoms with Gasteiger partial charge in [-0.25, -0.2) is 0 Å². The molecule has 0 unspecified atom stereocenters. The zero-order chi connectivity index (χ0) is 13.8. The summed E-state index contributed by atoms with van der Waals surface area (Å²) in [5.74, 6) is -0.0890. The normalized spacial score (nSPS) is 10.3. The Morgan fingerprint density at radius 3 is 2.47 bits per heavy atom. The average molecular weight is 336 g/mol. The molecule has 0 radical (unpaired) electrons. The predicted molar refractivity (Wildman–Crippen MR) is 85.1 cm³/mol. The molecule has 0 spiro atoms. The number of carbonyl (C=O) groups is 1. The molecule has 19 heavy (non-hydrogen) atoms. The van der Waals surface area contributed by atoms with Crippen LogP contribution in [-0.2, 0) is 0 Å². The first kappa shape index (κ1) is 14.2. The summed E-state index contributed by atoms with van der Waals surface area (Å²) in [6, 6.07) is 13.4. The summed E-state index contributed by atoms with van der Waals surface area (Å²) >= 11 is 5.07. The minimum atomic E-state index is -0.0890. The van der Waals surface area contributed by atoms with Crippen molar-refractivity contribution >= 4 is 39.3 Å². The van der Waals surface area contributed by atoms with Crippen molar-refractivity contribution in [1.82, 2.24) is 0 Å². The summed E-state index contributed by atoms with van der Waals surface area (Å²) in [5.41, 5.74) is 2.53. The van der Waals surface area contributed by atoms with E-state index in [4.69, 9.17) is 0 Å². The Bertz CT molecular complexity index is 596. The van der Waals surface area contributed by atoms with E-state index in [0.29, 0.717) is 5.56 Å². The molecule has 2 nitrogen and oxygen atoms in total. The van der Waals surface area contributed by atoms with Crippen molar-refractivity contribution in [2.24, 2.45) is 0 Å². The van der Waals surface area contributed by atoms with Crippen molar-refractivity contribution in [3.05, 3.63) is 58.1 Å². The maximum atomic E-state index is 12.1. The van der Waals surface area contributed by atoms with Crippen LogP contribution in [0.3, 0.4) is 0 Å². The minimum absolute atomic E-state index is 0.0890. The molecule has 2 aromatic rings.